The molecule has 0 aromatic heterocycles. The van der Waals surface area contributed by atoms with E-state index in [1.165, 1.54) is 0 Å². The Morgan fingerprint density at radius 3 is 2.21 bits per heavy atom. The number of benzene rings is 1. The van der Waals surface area contributed by atoms with Gasteiger partial charge in [0.1, 0.15) is 17.6 Å². The highest BCUT2D eigenvalue weighted by atomic mass is 35.5. The Hall–Kier alpha value is -2.07. The molecular formula is C27H41ClN2O3S. The lowest BCUT2D eigenvalue weighted by molar-refractivity contribution is 0.136. The molecule has 2 atom stereocenters. The Kier molecular flexibility index (Phi) is 16.3. The van der Waals surface area contributed by atoms with E-state index in [-0.39, 0.29) is 17.5 Å². The van der Waals surface area contributed by atoms with Gasteiger partial charge >= 0.3 is 6.09 Å². The number of allylic oxidation sites excluding steroid dienone is 4. The van der Waals surface area contributed by atoms with Gasteiger partial charge in [0.25, 0.3) is 0 Å². The molecule has 1 aromatic rings. The van der Waals surface area contributed by atoms with E-state index in [1.54, 1.807) is 4.90 Å². The molecule has 2 heterocycles. The molecule has 2 unspecified atom stereocenters. The number of piperidine rings is 1. The van der Waals surface area contributed by atoms with Crippen LogP contribution in [-0.4, -0.2) is 39.1 Å². The molecule has 34 heavy (non-hydrogen) atoms. The second kappa shape index (κ2) is 17.4. The van der Waals surface area contributed by atoms with Crippen molar-refractivity contribution < 1.29 is 13.7 Å². The summed E-state index contributed by atoms with van der Waals surface area (Å²) in [5.74, 6) is 0. The number of para-hydroxylation sites is 1. The molecule has 2 aliphatic rings. The maximum atomic E-state index is 12.7. The van der Waals surface area contributed by atoms with E-state index in [0.717, 1.165) is 34.6 Å². The first kappa shape index (κ1) is 31.9. The van der Waals surface area contributed by atoms with Crippen molar-refractivity contribution in [3.05, 3.63) is 52.5 Å². The van der Waals surface area contributed by atoms with Crippen molar-refractivity contribution >= 4 is 34.4 Å². The highest BCUT2D eigenvalue weighted by Gasteiger charge is 2.36. The van der Waals surface area contributed by atoms with Crippen LogP contribution in [0.1, 0.15) is 65.5 Å². The number of carbonyl (C=O) groups excluding carboxylic acids is 1. The van der Waals surface area contributed by atoms with Gasteiger partial charge in [-0.3, -0.25) is 4.90 Å². The molecule has 3 rings (SSSR count). The van der Waals surface area contributed by atoms with E-state index in [2.05, 4.69) is 12.8 Å². The number of halogens is 1. The normalized spacial score (nSPS) is 18.1. The predicted octanol–water partition coefficient (Wildman–Crippen LogP) is 6.97. The summed E-state index contributed by atoms with van der Waals surface area (Å²) in [6.07, 6.45) is 15.1. The second-order valence-corrected chi connectivity index (χ2v) is 9.53. The molecule has 2 aliphatic heterocycles. The number of nitrogens with zero attached hydrogens (tertiary/aromatic N) is 2. The van der Waals surface area contributed by atoms with Gasteiger partial charge in [-0.25, -0.2) is 13.3 Å². The number of carbonyl (C=O) groups is 1. The maximum absolute atomic E-state index is 12.7. The van der Waals surface area contributed by atoms with Crippen molar-refractivity contribution in [2.45, 2.75) is 79.3 Å². The molecular weight excluding hydrogens is 468 g/mol. The van der Waals surface area contributed by atoms with Crippen LogP contribution in [0.2, 0.25) is 0 Å². The summed E-state index contributed by atoms with van der Waals surface area (Å²) in [6.45, 7) is 15.4. The number of cyclic esters (lactones) is 1. The number of hydrogen-bond acceptors (Lipinski definition) is 3. The molecule has 0 spiro atoms. The van der Waals surface area contributed by atoms with Crippen molar-refractivity contribution in [1.82, 2.24) is 4.31 Å². The molecule has 0 N–H and O–H groups in total. The average Bonchev–Trinajstić information content (AvgIpc) is 2.87. The van der Waals surface area contributed by atoms with E-state index >= 15 is 0 Å². The van der Waals surface area contributed by atoms with Crippen molar-refractivity contribution in [1.29, 1.82) is 0 Å². The molecule has 0 saturated carbocycles. The minimum atomic E-state index is -1.22. The summed E-state index contributed by atoms with van der Waals surface area (Å²) >= 11 is 6.14. The number of alkyl halides is 1. The van der Waals surface area contributed by atoms with Crippen LogP contribution in [0.25, 0.3) is 0 Å². The summed E-state index contributed by atoms with van der Waals surface area (Å²) in [5, 5.41) is -0.259. The van der Waals surface area contributed by atoms with E-state index in [1.807, 2.05) is 89.2 Å². The number of amides is 1. The predicted molar refractivity (Wildman–Crippen MR) is 147 cm³/mol. The topological polar surface area (TPSA) is 49.9 Å². The third kappa shape index (κ3) is 8.61. The molecule has 0 radical (unpaired) electrons. The molecule has 0 bridgehead atoms. The van der Waals surface area contributed by atoms with Crippen molar-refractivity contribution in [2.24, 2.45) is 0 Å². The number of aryl methyl sites for hydroxylation is 1. The summed E-state index contributed by atoms with van der Waals surface area (Å²) in [5.41, 5.74) is 3.10. The summed E-state index contributed by atoms with van der Waals surface area (Å²) in [7, 11) is -1.22. The van der Waals surface area contributed by atoms with Gasteiger partial charge in [0.15, 0.2) is 0 Å². The van der Waals surface area contributed by atoms with E-state index in [0.29, 0.717) is 19.7 Å². The smallest absolute Gasteiger partial charge is 0.414 e. The van der Waals surface area contributed by atoms with Crippen LogP contribution in [0, 0.1) is 19.8 Å². The minimum absolute atomic E-state index is 0.0541. The lowest BCUT2D eigenvalue weighted by Gasteiger charge is -2.40. The van der Waals surface area contributed by atoms with E-state index in [4.69, 9.17) is 16.3 Å². The zero-order valence-electron chi connectivity index (χ0n) is 21.7. The number of ether oxygens (including phenoxy) is 1. The largest absolute Gasteiger partial charge is 0.444 e. The lowest BCUT2D eigenvalue weighted by Crippen LogP contribution is -2.50. The first-order valence-corrected chi connectivity index (χ1v) is 13.3. The fourth-order valence-corrected chi connectivity index (χ4v) is 5.37. The summed E-state index contributed by atoms with van der Waals surface area (Å²) in [6, 6.07) is 6.07. The van der Waals surface area contributed by atoms with Gasteiger partial charge in [0.05, 0.1) is 11.1 Å². The molecule has 1 fully saturated rings. The van der Waals surface area contributed by atoms with Gasteiger partial charge in [0, 0.05) is 29.6 Å². The highest BCUT2D eigenvalue weighted by Crippen LogP contribution is 2.35. The summed E-state index contributed by atoms with van der Waals surface area (Å²) < 4.78 is 20.1. The SMILES string of the molecule is C#C.C/C=C(\C(C)Cl)S(=O)N1CCC(N2C(=O)OCc3cccc(C)c32)CC1.C/C=C\C.CC. The standard InChI is InChI=1S/C19H25ClN2O3S.C4H8.C2H6.C2H2/c1-4-17(14(3)20)26(24)21-10-8-16(9-11-21)22-18-13(2)6-5-7-15(18)12-25-19(22)23;1-3-4-2;2*1-2/h4-7,14,16H,8-12H2,1-3H3;3-4H,1-2H3;1-2H3;1-2H/b17-4+;4-3-;;. The third-order valence-corrected chi connectivity index (χ3v) is 7.54. The van der Waals surface area contributed by atoms with Gasteiger partial charge in [0.2, 0.25) is 0 Å². The zero-order chi connectivity index (χ0) is 26.3. The monoisotopic (exact) mass is 508 g/mol. The molecule has 1 aromatic carbocycles. The van der Waals surface area contributed by atoms with Crippen LogP contribution < -0.4 is 4.90 Å². The van der Waals surface area contributed by atoms with Gasteiger partial charge < -0.3 is 4.74 Å². The third-order valence-electron chi connectivity index (χ3n) is 5.34. The van der Waals surface area contributed by atoms with Crippen molar-refractivity contribution in [3.8, 4) is 12.8 Å². The molecule has 1 saturated heterocycles. The van der Waals surface area contributed by atoms with Crippen molar-refractivity contribution in [2.75, 3.05) is 18.0 Å². The fourth-order valence-electron chi connectivity index (χ4n) is 3.70. The van der Waals surface area contributed by atoms with Crippen LogP contribution in [0.15, 0.2) is 41.3 Å². The first-order valence-electron chi connectivity index (χ1n) is 11.8. The number of rotatable bonds is 4. The summed E-state index contributed by atoms with van der Waals surface area (Å²) in [4.78, 5) is 15.0. The lowest BCUT2D eigenvalue weighted by atomic mass is 10.00. The van der Waals surface area contributed by atoms with Crippen LogP contribution in [0.5, 0.6) is 0 Å². The van der Waals surface area contributed by atoms with Gasteiger partial charge in [-0.2, -0.15) is 0 Å². The Labute approximate surface area is 214 Å². The molecule has 190 valence electrons. The van der Waals surface area contributed by atoms with Gasteiger partial charge in [-0.1, -0.05) is 50.3 Å². The average molecular weight is 509 g/mol. The Bertz CT molecular complexity index is 853. The quantitative estimate of drug-likeness (QED) is 0.250. The molecule has 0 aliphatic carbocycles. The molecule has 5 nitrogen and oxygen atoms in total. The first-order chi connectivity index (χ1) is 16.3. The second-order valence-electron chi connectivity index (χ2n) is 7.39. The Morgan fingerprint density at radius 1 is 1.18 bits per heavy atom. The van der Waals surface area contributed by atoms with E-state index in [9.17, 15) is 9.00 Å². The Balaban J connectivity index is 0.00000121. The Morgan fingerprint density at radius 2 is 1.74 bits per heavy atom. The van der Waals surface area contributed by atoms with Crippen molar-refractivity contribution in [3.63, 3.8) is 0 Å². The van der Waals surface area contributed by atoms with Crippen LogP contribution in [-0.2, 0) is 22.3 Å². The van der Waals surface area contributed by atoms with Gasteiger partial charge in [-0.15, -0.1) is 24.4 Å². The number of anilines is 1. The number of hydrogen-bond donors (Lipinski definition) is 0. The number of fused-ring (bicyclic) bond motifs is 1. The maximum Gasteiger partial charge on any atom is 0.414 e. The number of terminal acetylenes is 1. The van der Waals surface area contributed by atoms with Gasteiger partial charge in [-0.05, 0) is 53.0 Å². The minimum Gasteiger partial charge on any atom is -0.444 e. The van der Waals surface area contributed by atoms with E-state index < -0.39 is 11.0 Å². The van der Waals surface area contributed by atoms with Crippen LogP contribution in [0.3, 0.4) is 0 Å². The highest BCUT2D eigenvalue weighted by molar-refractivity contribution is 7.86. The van der Waals surface area contributed by atoms with Crippen LogP contribution >= 0.6 is 11.6 Å². The molecule has 7 heteroatoms. The molecule has 1 amide bonds. The fraction of sp³-hybridized carbons (Fsp3) is 0.519. The zero-order valence-corrected chi connectivity index (χ0v) is 23.3. The van der Waals surface area contributed by atoms with Crippen LogP contribution in [0.4, 0.5) is 10.5 Å².